The van der Waals surface area contributed by atoms with E-state index in [0.29, 0.717) is 10.6 Å². The number of carbonyl (C=O) groups is 1. The minimum absolute atomic E-state index is 0.00243. The van der Waals surface area contributed by atoms with Gasteiger partial charge in [-0.25, -0.2) is 0 Å². The lowest BCUT2D eigenvalue weighted by Gasteiger charge is -1.99. The maximum absolute atomic E-state index is 12.0. The van der Waals surface area contributed by atoms with Crippen molar-refractivity contribution in [2.24, 2.45) is 0 Å². The van der Waals surface area contributed by atoms with Gasteiger partial charge >= 0.3 is 0 Å². The molecule has 0 aromatic heterocycles. The van der Waals surface area contributed by atoms with Crippen LogP contribution in [0.1, 0.15) is 28.4 Å². The lowest BCUT2D eigenvalue weighted by Crippen LogP contribution is -1.94. The van der Waals surface area contributed by atoms with Gasteiger partial charge in [0.25, 0.3) is 0 Å². The van der Waals surface area contributed by atoms with E-state index < -0.39 is 0 Å². The molecule has 19 heavy (non-hydrogen) atoms. The highest BCUT2D eigenvalue weighted by Gasteiger charge is 2.01. The summed E-state index contributed by atoms with van der Waals surface area (Å²) < 4.78 is 0. The highest BCUT2D eigenvalue weighted by Crippen LogP contribution is 2.13. The van der Waals surface area contributed by atoms with Gasteiger partial charge in [-0.3, -0.25) is 4.79 Å². The van der Waals surface area contributed by atoms with Crippen LogP contribution in [0.2, 0.25) is 5.02 Å². The minimum atomic E-state index is 0.00243. The molecule has 2 rings (SSSR count). The van der Waals surface area contributed by atoms with E-state index >= 15 is 0 Å². The fourth-order valence-corrected chi connectivity index (χ4v) is 1.98. The fraction of sp³-hybridized carbons (Fsp3) is 0.118. The van der Waals surface area contributed by atoms with Crippen molar-refractivity contribution in [1.82, 2.24) is 0 Å². The molecule has 0 fully saturated rings. The molecule has 0 unspecified atom stereocenters. The van der Waals surface area contributed by atoms with Crippen molar-refractivity contribution in [3.8, 4) is 0 Å². The summed E-state index contributed by atoms with van der Waals surface area (Å²) in [4.78, 5) is 12.0. The summed E-state index contributed by atoms with van der Waals surface area (Å²) >= 11 is 5.89. The van der Waals surface area contributed by atoms with Gasteiger partial charge in [0.1, 0.15) is 0 Å². The summed E-state index contributed by atoms with van der Waals surface area (Å²) in [5.41, 5.74) is 2.86. The maximum atomic E-state index is 12.0. The standard InChI is InChI=1S/C17H15ClO/c1-2-13-6-9-15(10-7-13)17(19)11-8-14-4-3-5-16(18)12-14/h3-12H,2H2,1H3/b11-8+. The highest BCUT2D eigenvalue weighted by molar-refractivity contribution is 6.30. The minimum Gasteiger partial charge on any atom is -0.289 e. The molecule has 0 atom stereocenters. The van der Waals surface area contributed by atoms with Crippen molar-refractivity contribution in [1.29, 1.82) is 0 Å². The molecule has 0 bridgehead atoms. The van der Waals surface area contributed by atoms with Gasteiger partial charge in [0.15, 0.2) is 5.78 Å². The molecular formula is C17H15ClO. The van der Waals surface area contributed by atoms with E-state index in [1.165, 1.54) is 5.56 Å². The topological polar surface area (TPSA) is 17.1 Å². The van der Waals surface area contributed by atoms with Crippen molar-refractivity contribution in [2.45, 2.75) is 13.3 Å². The SMILES string of the molecule is CCc1ccc(C(=O)/C=C/c2cccc(Cl)c2)cc1. The van der Waals surface area contributed by atoms with E-state index in [1.807, 2.05) is 48.5 Å². The number of carbonyl (C=O) groups excluding carboxylic acids is 1. The average molecular weight is 271 g/mol. The zero-order valence-corrected chi connectivity index (χ0v) is 11.5. The van der Waals surface area contributed by atoms with E-state index in [4.69, 9.17) is 11.6 Å². The van der Waals surface area contributed by atoms with Crippen LogP contribution in [0, 0.1) is 0 Å². The smallest absolute Gasteiger partial charge is 0.185 e. The van der Waals surface area contributed by atoms with Crippen molar-refractivity contribution in [2.75, 3.05) is 0 Å². The van der Waals surface area contributed by atoms with Crippen LogP contribution < -0.4 is 0 Å². The Labute approximate surface area is 118 Å². The van der Waals surface area contributed by atoms with E-state index in [9.17, 15) is 4.79 Å². The Morgan fingerprint density at radius 1 is 1.16 bits per heavy atom. The Morgan fingerprint density at radius 2 is 1.89 bits per heavy atom. The monoisotopic (exact) mass is 270 g/mol. The van der Waals surface area contributed by atoms with Crippen molar-refractivity contribution < 1.29 is 4.79 Å². The largest absolute Gasteiger partial charge is 0.289 e. The maximum Gasteiger partial charge on any atom is 0.185 e. The Bertz CT molecular complexity index is 597. The third kappa shape index (κ3) is 3.80. The molecular weight excluding hydrogens is 256 g/mol. The van der Waals surface area contributed by atoms with Crippen LogP contribution in [0.4, 0.5) is 0 Å². The molecule has 2 aromatic rings. The van der Waals surface area contributed by atoms with E-state index in [0.717, 1.165) is 12.0 Å². The normalized spacial score (nSPS) is 10.8. The first kappa shape index (κ1) is 13.6. The van der Waals surface area contributed by atoms with Crippen LogP contribution in [-0.4, -0.2) is 5.78 Å². The first-order chi connectivity index (χ1) is 9.19. The zero-order chi connectivity index (χ0) is 13.7. The summed E-state index contributed by atoms with van der Waals surface area (Å²) in [5.74, 6) is 0.00243. The summed E-state index contributed by atoms with van der Waals surface area (Å²) in [6.07, 6.45) is 4.33. The highest BCUT2D eigenvalue weighted by atomic mass is 35.5. The van der Waals surface area contributed by atoms with Gasteiger partial charge in [-0.15, -0.1) is 0 Å². The van der Waals surface area contributed by atoms with Gasteiger partial charge in [-0.2, -0.15) is 0 Å². The number of rotatable bonds is 4. The number of hydrogen-bond donors (Lipinski definition) is 0. The quantitative estimate of drug-likeness (QED) is 0.576. The van der Waals surface area contributed by atoms with E-state index in [2.05, 4.69) is 6.92 Å². The summed E-state index contributed by atoms with van der Waals surface area (Å²) in [6, 6.07) is 15.1. The Morgan fingerprint density at radius 3 is 2.53 bits per heavy atom. The summed E-state index contributed by atoms with van der Waals surface area (Å²) in [5, 5.41) is 0.668. The summed E-state index contributed by atoms with van der Waals surface area (Å²) in [7, 11) is 0. The molecule has 0 spiro atoms. The van der Waals surface area contributed by atoms with Crippen molar-refractivity contribution in [3.05, 3.63) is 76.3 Å². The second kappa shape index (κ2) is 6.35. The van der Waals surface area contributed by atoms with Crippen LogP contribution in [0.3, 0.4) is 0 Å². The number of halogens is 1. The fourth-order valence-electron chi connectivity index (χ4n) is 1.78. The number of allylic oxidation sites excluding steroid dienone is 1. The molecule has 0 saturated carbocycles. The van der Waals surface area contributed by atoms with Gasteiger partial charge in [-0.05, 0) is 35.8 Å². The lowest BCUT2D eigenvalue weighted by atomic mass is 10.1. The predicted molar refractivity (Wildman–Crippen MR) is 80.6 cm³/mol. The van der Waals surface area contributed by atoms with E-state index in [-0.39, 0.29) is 5.78 Å². The van der Waals surface area contributed by atoms with Gasteiger partial charge in [0, 0.05) is 10.6 Å². The molecule has 0 aliphatic rings. The first-order valence-corrected chi connectivity index (χ1v) is 6.64. The number of hydrogen-bond acceptors (Lipinski definition) is 1. The molecule has 0 radical (unpaired) electrons. The molecule has 2 heteroatoms. The number of benzene rings is 2. The number of aryl methyl sites for hydroxylation is 1. The Balaban J connectivity index is 2.11. The summed E-state index contributed by atoms with van der Waals surface area (Å²) in [6.45, 7) is 2.09. The molecule has 0 aliphatic heterocycles. The third-order valence-corrected chi connectivity index (χ3v) is 3.16. The van der Waals surface area contributed by atoms with Crippen LogP contribution in [0.5, 0.6) is 0 Å². The van der Waals surface area contributed by atoms with Crippen molar-refractivity contribution in [3.63, 3.8) is 0 Å². The molecule has 1 nitrogen and oxygen atoms in total. The van der Waals surface area contributed by atoms with Gasteiger partial charge in [0.05, 0.1) is 0 Å². The second-order valence-electron chi connectivity index (χ2n) is 4.30. The Hall–Kier alpha value is -1.86. The Kier molecular flexibility index (Phi) is 4.53. The molecule has 96 valence electrons. The van der Waals surface area contributed by atoms with Crippen molar-refractivity contribution >= 4 is 23.5 Å². The average Bonchev–Trinajstić information content (AvgIpc) is 2.45. The van der Waals surface area contributed by atoms with Crippen LogP contribution in [0.15, 0.2) is 54.6 Å². The molecule has 0 heterocycles. The number of ketones is 1. The molecule has 2 aromatic carbocycles. The first-order valence-electron chi connectivity index (χ1n) is 6.26. The molecule has 0 saturated heterocycles. The lowest BCUT2D eigenvalue weighted by molar-refractivity contribution is 0.104. The molecule has 0 aliphatic carbocycles. The van der Waals surface area contributed by atoms with Crippen LogP contribution >= 0.6 is 11.6 Å². The van der Waals surface area contributed by atoms with Gasteiger partial charge in [-0.1, -0.05) is 61.0 Å². The van der Waals surface area contributed by atoms with Crippen LogP contribution in [-0.2, 0) is 6.42 Å². The van der Waals surface area contributed by atoms with E-state index in [1.54, 1.807) is 12.2 Å². The zero-order valence-electron chi connectivity index (χ0n) is 10.8. The molecule has 0 N–H and O–H groups in total. The molecule has 0 amide bonds. The van der Waals surface area contributed by atoms with Gasteiger partial charge in [0.2, 0.25) is 0 Å². The third-order valence-electron chi connectivity index (χ3n) is 2.92. The second-order valence-corrected chi connectivity index (χ2v) is 4.74. The predicted octanol–water partition coefficient (Wildman–Crippen LogP) is 4.80. The van der Waals surface area contributed by atoms with Crippen LogP contribution in [0.25, 0.3) is 6.08 Å². The van der Waals surface area contributed by atoms with Gasteiger partial charge < -0.3 is 0 Å².